The summed E-state index contributed by atoms with van der Waals surface area (Å²) in [5.41, 5.74) is 10.6. The summed E-state index contributed by atoms with van der Waals surface area (Å²) in [6.45, 7) is 2.11. The first kappa shape index (κ1) is 11.3. The van der Waals surface area contributed by atoms with Gasteiger partial charge < -0.3 is 5.73 Å². The van der Waals surface area contributed by atoms with Gasteiger partial charge in [0.05, 0.1) is 5.51 Å². The molecule has 84 valence electrons. The molecule has 0 spiro atoms. The Kier molecular flexibility index (Phi) is 3.70. The van der Waals surface area contributed by atoms with Crippen molar-refractivity contribution in [1.29, 1.82) is 0 Å². The predicted octanol–water partition coefficient (Wildman–Crippen LogP) is 2.56. The average Bonchev–Trinajstić information content (AvgIpc) is 2.70. The third-order valence-corrected chi connectivity index (χ3v) is 3.33. The van der Waals surface area contributed by atoms with Gasteiger partial charge in [-0.05, 0) is 25.3 Å². The smallest absolute Gasteiger partial charge is 0.0794 e. The van der Waals surface area contributed by atoms with Gasteiger partial charge in [0, 0.05) is 17.1 Å². The third kappa shape index (κ3) is 3.15. The van der Waals surface area contributed by atoms with E-state index in [0.29, 0.717) is 0 Å². The lowest BCUT2D eigenvalue weighted by Gasteiger charge is -2.10. The number of nitrogens with two attached hydrogens (primary N) is 1. The van der Waals surface area contributed by atoms with Crippen LogP contribution in [0.1, 0.15) is 16.0 Å². The van der Waals surface area contributed by atoms with Gasteiger partial charge in [-0.25, -0.2) is 0 Å². The van der Waals surface area contributed by atoms with E-state index in [1.807, 2.05) is 11.7 Å². The standard InChI is InChI=1S/C13H16N2S/c1-10-3-2-4-11(5-10)6-12(14)7-13-8-15-9-16-13/h2-5,8-9,12H,6-7,14H2,1H3. The molecule has 0 amide bonds. The number of hydrogen-bond donors (Lipinski definition) is 1. The zero-order valence-corrected chi connectivity index (χ0v) is 10.2. The van der Waals surface area contributed by atoms with E-state index < -0.39 is 0 Å². The SMILES string of the molecule is Cc1cccc(CC(N)Cc2cncs2)c1. The Bertz CT molecular complexity index is 437. The van der Waals surface area contributed by atoms with Crippen LogP contribution < -0.4 is 5.73 Å². The second-order valence-corrected chi connectivity index (χ2v) is 5.10. The van der Waals surface area contributed by atoms with Crippen LogP contribution in [0.3, 0.4) is 0 Å². The molecule has 0 saturated carbocycles. The maximum Gasteiger partial charge on any atom is 0.0794 e. The molecule has 1 atom stereocenters. The van der Waals surface area contributed by atoms with Crippen molar-refractivity contribution in [3.05, 3.63) is 52.0 Å². The molecule has 0 aliphatic carbocycles. The van der Waals surface area contributed by atoms with E-state index in [-0.39, 0.29) is 6.04 Å². The maximum absolute atomic E-state index is 6.13. The van der Waals surface area contributed by atoms with Crippen molar-refractivity contribution in [2.45, 2.75) is 25.8 Å². The molecule has 1 unspecified atom stereocenters. The van der Waals surface area contributed by atoms with Gasteiger partial charge in [-0.15, -0.1) is 11.3 Å². The minimum atomic E-state index is 0.183. The van der Waals surface area contributed by atoms with Crippen molar-refractivity contribution in [1.82, 2.24) is 4.98 Å². The highest BCUT2D eigenvalue weighted by Gasteiger charge is 2.06. The Morgan fingerprint density at radius 3 is 2.94 bits per heavy atom. The van der Waals surface area contributed by atoms with Crippen LogP contribution in [-0.4, -0.2) is 11.0 Å². The van der Waals surface area contributed by atoms with Crippen LogP contribution in [-0.2, 0) is 12.8 Å². The first-order valence-electron chi connectivity index (χ1n) is 5.42. The lowest BCUT2D eigenvalue weighted by Crippen LogP contribution is -2.25. The molecule has 0 bridgehead atoms. The van der Waals surface area contributed by atoms with Crippen LogP contribution in [0.2, 0.25) is 0 Å². The zero-order chi connectivity index (χ0) is 11.4. The number of hydrogen-bond acceptors (Lipinski definition) is 3. The molecule has 2 N–H and O–H groups in total. The van der Waals surface area contributed by atoms with Crippen LogP contribution in [0.4, 0.5) is 0 Å². The van der Waals surface area contributed by atoms with Gasteiger partial charge in [-0.1, -0.05) is 29.8 Å². The zero-order valence-electron chi connectivity index (χ0n) is 9.39. The Balaban J connectivity index is 1.94. The minimum Gasteiger partial charge on any atom is -0.327 e. The lowest BCUT2D eigenvalue weighted by atomic mass is 10.0. The highest BCUT2D eigenvalue weighted by Crippen LogP contribution is 2.12. The van der Waals surface area contributed by atoms with Crippen LogP contribution >= 0.6 is 11.3 Å². The van der Waals surface area contributed by atoms with E-state index in [2.05, 4.69) is 36.2 Å². The molecule has 0 radical (unpaired) electrons. The summed E-state index contributed by atoms with van der Waals surface area (Å²) in [6, 6.07) is 8.72. The summed E-state index contributed by atoms with van der Waals surface area (Å²) in [6.07, 6.45) is 3.75. The molecule has 0 aliphatic rings. The highest BCUT2D eigenvalue weighted by molar-refractivity contribution is 7.09. The Labute approximate surface area is 100 Å². The molecule has 0 aliphatic heterocycles. The Morgan fingerprint density at radius 1 is 1.38 bits per heavy atom. The molecule has 0 saturated heterocycles. The van der Waals surface area contributed by atoms with Gasteiger partial charge in [0.25, 0.3) is 0 Å². The topological polar surface area (TPSA) is 38.9 Å². The highest BCUT2D eigenvalue weighted by atomic mass is 32.1. The molecule has 3 heteroatoms. The van der Waals surface area contributed by atoms with Crippen LogP contribution in [0.5, 0.6) is 0 Å². The van der Waals surface area contributed by atoms with Crippen molar-refractivity contribution in [2.24, 2.45) is 5.73 Å². The first-order valence-corrected chi connectivity index (χ1v) is 6.30. The fourth-order valence-electron chi connectivity index (χ4n) is 1.82. The second kappa shape index (κ2) is 5.23. The lowest BCUT2D eigenvalue weighted by molar-refractivity contribution is 0.670. The van der Waals surface area contributed by atoms with E-state index in [9.17, 15) is 0 Å². The molecule has 2 nitrogen and oxygen atoms in total. The van der Waals surface area contributed by atoms with Crippen molar-refractivity contribution in [3.8, 4) is 0 Å². The van der Waals surface area contributed by atoms with Gasteiger partial charge in [0.15, 0.2) is 0 Å². The normalized spacial score (nSPS) is 12.6. The van der Waals surface area contributed by atoms with Crippen molar-refractivity contribution >= 4 is 11.3 Å². The fourth-order valence-corrected chi connectivity index (χ4v) is 2.50. The molecule has 0 fully saturated rings. The van der Waals surface area contributed by atoms with Crippen molar-refractivity contribution < 1.29 is 0 Å². The first-order chi connectivity index (χ1) is 7.74. The van der Waals surface area contributed by atoms with Gasteiger partial charge in [-0.2, -0.15) is 0 Å². The molecular weight excluding hydrogens is 216 g/mol. The molecule has 1 aromatic heterocycles. The quantitative estimate of drug-likeness (QED) is 0.880. The van der Waals surface area contributed by atoms with Gasteiger partial charge in [0.2, 0.25) is 0 Å². The minimum absolute atomic E-state index is 0.183. The van der Waals surface area contributed by atoms with E-state index in [4.69, 9.17) is 5.73 Å². The molecule has 2 rings (SSSR count). The van der Waals surface area contributed by atoms with Gasteiger partial charge >= 0.3 is 0 Å². The Hall–Kier alpha value is -1.19. The number of benzene rings is 1. The number of aryl methyl sites for hydroxylation is 1. The summed E-state index contributed by atoms with van der Waals surface area (Å²) in [5, 5.41) is 0. The predicted molar refractivity (Wildman–Crippen MR) is 68.7 cm³/mol. The molecular formula is C13H16N2S. The van der Waals surface area contributed by atoms with E-state index in [0.717, 1.165) is 12.8 Å². The summed E-state index contributed by atoms with van der Waals surface area (Å²) < 4.78 is 0. The monoisotopic (exact) mass is 232 g/mol. The number of nitrogens with zero attached hydrogens (tertiary/aromatic N) is 1. The molecule has 2 aromatic rings. The van der Waals surface area contributed by atoms with Gasteiger partial charge in [-0.3, -0.25) is 4.98 Å². The van der Waals surface area contributed by atoms with Crippen LogP contribution in [0, 0.1) is 6.92 Å². The largest absolute Gasteiger partial charge is 0.327 e. The second-order valence-electron chi connectivity index (χ2n) is 4.13. The average molecular weight is 232 g/mol. The van der Waals surface area contributed by atoms with Crippen molar-refractivity contribution in [3.63, 3.8) is 0 Å². The summed E-state index contributed by atoms with van der Waals surface area (Å²) in [4.78, 5) is 5.32. The third-order valence-electron chi connectivity index (χ3n) is 2.53. The van der Waals surface area contributed by atoms with Gasteiger partial charge in [0.1, 0.15) is 0 Å². The number of aromatic nitrogens is 1. The molecule has 1 aromatic carbocycles. The number of thiazole rings is 1. The Morgan fingerprint density at radius 2 is 2.25 bits per heavy atom. The van der Waals surface area contributed by atoms with E-state index in [1.165, 1.54) is 16.0 Å². The fraction of sp³-hybridized carbons (Fsp3) is 0.308. The van der Waals surface area contributed by atoms with E-state index in [1.54, 1.807) is 11.3 Å². The molecule has 16 heavy (non-hydrogen) atoms. The molecule has 1 heterocycles. The summed E-state index contributed by atoms with van der Waals surface area (Å²) >= 11 is 1.67. The van der Waals surface area contributed by atoms with Crippen molar-refractivity contribution in [2.75, 3.05) is 0 Å². The summed E-state index contributed by atoms with van der Waals surface area (Å²) in [5.74, 6) is 0. The number of rotatable bonds is 4. The van der Waals surface area contributed by atoms with Crippen LogP contribution in [0.15, 0.2) is 36.0 Å². The summed E-state index contributed by atoms with van der Waals surface area (Å²) in [7, 11) is 0. The van der Waals surface area contributed by atoms with E-state index >= 15 is 0 Å². The van der Waals surface area contributed by atoms with Crippen LogP contribution in [0.25, 0.3) is 0 Å². The maximum atomic E-state index is 6.13.